The number of nitrogens with zero attached hydrogens (tertiary/aromatic N) is 2. The van der Waals surface area contributed by atoms with Crippen LogP contribution in [-0.2, 0) is 13.1 Å². The first-order valence-electron chi connectivity index (χ1n) is 6.32. The van der Waals surface area contributed by atoms with Crippen LogP contribution in [0.1, 0.15) is 11.1 Å². The van der Waals surface area contributed by atoms with E-state index in [9.17, 15) is 10.1 Å². The van der Waals surface area contributed by atoms with Gasteiger partial charge in [-0.1, -0.05) is 41.4 Å². The van der Waals surface area contributed by atoms with Crippen LogP contribution >= 0.6 is 23.2 Å². The summed E-state index contributed by atoms with van der Waals surface area (Å²) in [6.07, 6.45) is 0. The third-order valence-electron chi connectivity index (χ3n) is 3.09. The Morgan fingerprint density at radius 3 is 2.14 bits per heavy atom. The first-order chi connectivity index (χ1) is 9.97. The molecule has 2 rings (SSSR count). The summed E-state index contributed by atoms with van der Waals surface area (Å²) in [6, 6.07) is 11.9. The van der Waals surface area contributed by atoms with Gasteiger partial charge in [-0.2, -0.15) is 0 Å². The van der Waals surface area contributed by atoms with Crippen LogP contribution in [0.5, 0.6) is 0 Å². The van der Waals surface area contributed by atoms with Crippen molar-refractivity contribution in [2.75, 3.05) is 7.05 Å². The third kappa shape index (κ3) is 4.17. The third-order valence-corrected chi connectivity index (χ3v) is 3.80. The molecule has 0 amide bonds. The minimum atomic E-state index is -0.406. The molecule has 0 spiro atoms. The Hall–Kier alpha value is -1.62. The molecule has 0 saturated heterocycles. The van der Waals surface area contributed by atoms with Gasteiger partial charge in [-0.05, 0) is 24.7 Å². The Balaban J connectivity index is 2.04. The van der Waals surface area contributed by atoms with Crippen molar-refractivity contribution in [1.82, 2.24) is 4.90 Å². The van der Waals surface area contributed by atoms with Crippen molar-refractivity contribution in [3.63, 3.8) is 0 Å². The van der Waals surface area contributed by atoms with E-state index in [0.29, 0.717) is 23.1 Å². The van der Waals surface area contributed by atoms with E-state index in [1.165, 1.54) is 12.1 Å². The Morgan fingerprint density at radius 2 is 1.62 bits per heavy atom. The molecule has 21 heavy (non-hydrogen) atoms. The average Bonchev–Trinajstić information content (AvgIpc) is 2.43. The second-order valence-electron chi connectivity index (χ2n) is 4.80. The van der Waals surface area contributed by atoms with E-state index >= 15 is 0 Å². The van der Waals surface area contributed by atoms with Crippen LogP contribution in [0.15, 0.2) is 42.5 Å². The Kier molecular flexibility index (Phi) is 5.17. The number of benzene rings is 2. The molecule has 2 aromatic carbocycles. The van der Waals surface area contributed by atoms with Crippen LogP contribution in [0, 0.1) is 10.1 Å². The van der Waals surface area contributed by atoms with Gasteiger partial charge in [0.15, 0.2) is 0 Å². The van der Waals surface area contributed by atoms with E-state index in [1.807, 2.05) is 30.1 Å². The van der Waals surface area contributed by atoms with Gasteiger partial charge in [-0.25, -0.2) is 0 Å². The molecule has 0 aliphatic rings. The molecule has 2 aromatic rings. The SMILES string of the molecule is CN(Cc1ccc([N+](=O)[O-])cc1)Cc1c(Cl)cccc1Cl. The van der Waals surface area contributed by atoms with Crippen molar-refractivity contribution in [3.8, 4) is 0 Å². The number of non-ortho nitro benzene ring substituents is 1. The monoisotopic (exact) mass is 324 g/mol. The molecule has 4 nitrogen and oxygen atoms in total. The molecule has 110 valence electrons. The molecular formula is C15H14Cl2N2O2. The molecule has 0 fully saturated rings. The maximum absolute atomic E-state index is 10.6. The highest BCUT2D eigenvalue weighted by Gasteiger charge is 2.10. The smallest absolute Gasteiger partial charge is 0.269 e. The van der Waals surface area contributed by atoms with Crippen LogP contribution in [-0.4, -0.2) is 16.9 Å². The lowest BCUT2D eigenvalue weighted by molar-refractivity contribution is -0.384. The minimum absolute atomic E-state index is 0.0931. The number of nitro benzene ring substituents is 1. The summed E-state index contributed by atoms with van der Waals surface area (Å²) in [4.78, 5) is 12.3. The zero-order valence-electron chi connectivity index (χ0n) is 11.4. The van der Waals surface area contributed by atoms with E-state index in [0.717, 1.165) is 11.1 Å². The predicted octanol–water partition coefficient (Wildman–Crippen LogP) is 4.53. The van der Waals surface area contributed by atoms with Crippen molar-refractivity contribution in [2.24, 2.45) is 0 Å². The van der Waals surface area contributed by atoms with Crippen LogP contribution in [0.25, 0.3) is 0 Å². The van der Waals surface area contributed by atoms with Gasteiger partial charge in [0.2, 0.25) is 0 Å². The molecule has 0 atom stereocenters. The van der Waals surface area contributed by atoms with E-state index in [2.05, 4.69) is 0 Å². The molecule has 0 aliphatic carbocycles. The second-order valence-corrected chi connectivity index (χ2v) is 5.61. The summed E-state index contributed by atoms with van der Waals surface area (Å²) in [5.74, 6) is 0. The number of halogens is 2. The summed E-state index contributed by atoms with van der Waals surface area (Å²) in [6.45, 7) is 1.26. The van der Waals surface area contributed by atoms with Crippen molar-refractivity contribution in [1.29, 1.82) is 0 Å². The summed E-state index contributed by atoms with van der Waals surface area (Å²) >= 11 is 12.3. The molecule has 0 unspecified atom stereocenters. The minimum Gasteiger partial charge on any atom is -0.298 e. The van der Waals surface area contributed by atoms with Crippen LogP contribution < -0.4 is 0 Å². The van der Waals surface area contributed by atoms with Crippen LogP contribution in [0.3, 0.4) is 0 Å². The van der Waals surface area contributed by atoms with E-state index in [-0.39, 0.29) is 5.69 Å². The molecule has 0 saturated carbocycles. The van der Waals surface area contributed by atoms with Gasteiger partial charge in [0.25, 0.3) is 5.69 Å². The largest absolute Gasteiger partial charge is 0.298 e. The maximum atomic E-state index is 10.6. The molecule has 6 heteroatoms. The van der Waals surface area contributed by atoms with Gasteiger partial charge in [-0.15, -0.1) is 0 Å². The van der Waals surface area contributed by atoms with Crippen molar-refractivity contribution in [2.45, 2.75) is 13.1 Å². The molecular weight excluding hydrogens is 311 g/mol. The van der Waals surface area contributed by atoms with E-state index < -0.39 is 4.92 Å². The normalized spacial score (nSPS) is 10.9. The summed E-state index contributed by atoms with van der Waals surface area (Å²) in [5.41, 5.74) is 1.96. The van der Waals surface area contributed by atoms with Crippen molar-refractivity contribution >= 4 is 28.9 Å². The van der Waals surface area contributed by atoms with Gasteiger partial charge in [0, 0.05) is 40.8 Å². The molecule has 0 N–H and O–H groups in total. The van der Waals surface area contributed by atoms with Crippen molar-refractivity contribution < 1.29 is 4.92 Å². The summed E-state index contributed by atoms with van der Waals surface area (Å²) < 4.78 is 0. The summed E-state index contributed by atoms with van der Waals surface area (Å²) in [7, 11) is 1.95. The fourth-order valence-corrected chi connectivity index (χ4v) is 2.56. The lowest BCUT2D eigenvalue weighted by Gasteiger charge is -2.18. The quantitative estimate of drug-likeness (QED) is 0.599. The number of hydrogen-bond acceptors (Lipinski definition) is 3. The predicted molar refractivity (Wildman–Crippen MR) is 84.7 cm³/mol. The highest BCUT2D eigenvalue weighted by atomic mass is 35.5. The molecule has 0 aromatic heterocycles. The van der Waals surface area contributed by atoms with Crippen LogP contribution in [0.2, 0.25) is 10.0 Å². The number of hydrogen-bond donors (Lipinski definition) is 0. The molecule has 0 heterocycles. The first kappa shape index (κ1) is 15.8. The van der Waals surface area contributed by atoms with Gasteiger partial charge >= 0.3 is 0 Å². The van der Waals surface area contributed by atoms with E-state index in [4.69, 9.17) is 23.2 Å². The molecule has 0 bridgehead atoms. The second kappa shape index (κ2) is 6.89. The maximum Gasteiger partial charge on any atom is 0.269 e. The highest BCUT2D eigenvalue weighted by Crippen LogP contribution is 2.25. The topological polar surface area (TPSA) is 46.4 Å². The molecule has 0 aliphatic heterocycles. The number of rotatable bonds is 5. The van der Waals surface area contributed by atoms with Crippen molar-refractivity contribution in [3.05, 3.63) is 73.8 Å². The van der Waals surface area contributed by atoms with Gasteiger partial charge in [-0.3, -0.25) is 15.0 Å². The Bertz CT molecular complexity index is 624. The Morgan fingerprint density at radius 1 is 1.05 bits per heavy atom. The fourth-order valence-electron chi connectivity index (χ4n) is 2.04. The van der Waals surface area contributed by atoms with Gasteiger partial charge in [0.1, 0.15) is 0 Å². The van der Waals surface area contributed by atoms with Crippen LogP contribution in [0.4, 0.5) is 5.69 Å². The first-order valence-corrected chi connectivity index (χ1v) is 7.07. The zero-order valence-corrected chi connectivity index (χ0v) is 12.9. The lowest BCUT2D eigenvalue weighted by atomic mass is 10.1. The standard InChI is InChI=1S/C15H14Cl2N2O2/c1-18(10-13-14(16)3-2-4-15(13)17)9-11-5-7-12(8-6-11)19(20)21/h2-8H,9-10H2,1H3. The Labute approximate surface area is 133 Å². The average molecular weight is 325 g/mol. The summed E-state index contributed by atoms with van der Waals surface area (Å²) in [5, 5.41) is 11.9. The highest BCUT2D eigenvalue weighted by molar-refractivity contribution is 6.35. The lowest BCUT2D eigenvalue weighted by Crippen LogP contribution is -2.17. The van der Waals surface area contributed by atoms with Gasteiger partial charge in [0.05, 0.1) is 4.92 Å². The fraction of sp³-hybridized carbons (Fsp3) is 0.200. The van der Waals surface area contributed by atoms with Gasteiger partial charge < -0.3 is 0 Å². The zero-order chi connectivity index (χ0) is 15.4. The van der Waals surface area contributed by atoms with E-state index in [1.54, 1.807) is 12.1 Å². The molecule has 0 radical (unpaired) electrons. The number of nitro groups is 1.